The highest BCUT2D eigenvalue weighted by atomic mass is 19.4. The first-order valence-corrected chi connectivity index (χ1v) is 9.41. The van der Waals surface area contributed by atoms with Gasteiger partial charge in [0.15, 0.2) is 12.6 Å². The topological polar surface area (TPSA) is 74.8 Å². The Bertz CT molecular complexity index is 835. The van der Waals surface area contributed by atoms with Crippen molar-refractivity contribution in [3.8, 4) is 5.75 Å². The number of nitrogens with one attached hydrogen (secondary N) is 3. The average molecular weight is 422 g/mol. The van der Waals surface area contributed by atoms with Crippen molar-refractivity contribution in [3.05, 3.63) is 65.2 Å². The van der Waals surface area contributed by atoms with Crippen LogP contribution in [0.25, 0.3) is 0 Å². The Balaban J connectivity index is 1.80. The molecule has 0 aliphatic carbocycles. The van der Waals surface area contributed by atoms with E-state index in [0.717, 1.165) is 11.1 Å². The molecule has 9 heteroatoms. The second-order valence-electron chi connectivity index (χ2n) is 6.38. The van der Waals surface area contributed by atoms with Crippen molar-refractivity contribution in [1.82, 2.24) is 16.0 Å². The van der Waals surface area contributed by atoms with E-state index in [-0.39, 0.29) is 11.7 Å². The third-order valence-electron chi connectivity index (χ3n) is 4.02. The Morgan fingerprint density at radius 3 is 1.93 bits per heavy atom. The molecule has 0 fully saturated rings. The van der Waals surface area contributed by atoms with Crippen molar-refractivity contribution in [2.75, 3.05) is 20.2 Å². The number of nitrogens with zero attached hydrogens (tertiary/aromatic N) is 1. The minimum atomic E-state index is -4.36. The summed E-state index contributed by atoms with van der Waals surface area (Å²) < 4.78 is 41.2. The minimum absolute atomic E-state index is 0.107. The van der Waals surface area contributed by atoms with Crippen LogP contribution >= 0.6 is 0 Å². The number of benzene rings is 2. The van der Waals surface area contributed by atoms with Gasteiger partial charge in [0.2, 0.25) is 0 Å². The van der Waals surface area contributed by atoms with Gasteiger partial charge in [0.05, 0.1) is 0 Å². The number of carbonyl (C=O) groups excluding carboxylic acids is 1. The van der Waals surface area contributed by atoms with Crippen molar-refractivity contribution in [1.29, 1.82) is 0 Å². The Morgan fingerprint density at radius 2 is 1.47 bits per heavy atom. The van der Waals surface area contributed by atoms with Gasteiger partial charge in [0, 0.05) is 32.2 Å². The lowest BCUT2D eigenvalue weighted by Gasteiger charge is -2.13. The van der Waals surface area contributed by atoms with Gasteiger partial charge >= 0.3 is 6.18 Å². The van der Waals surface area contributed by atoms with Gasteiger partial charge < -0.3 is 20.7 Å². The zero-order chi connectivity index (χ0) is 22.0. The highest BCUT2D eigenvalue weighted by molar-refractivity contribution is 5.94. The largest absolute Gasteiger partial charge is 0.484 e. The molecule has 6 nitrogen and oxygen atoms in total. The summed E-state index contributed by atoms with van der Waals surface area (Å²) in [5.74, 6) is 0.624. The van der Waals surface area contributed by atoms with Crippen LogP contribution in [0.4, 0.5) is 13.2 Å². The quantitative estimate of drug-likeness (QED) is 0.451. The molecule has 0 bridgehead atoms. The zero-order valence-corrected chi connectivity index (χ0v) is 16.8. The number of carbonyl (C=O) groups is 1. The van der Waals surface area contributed by atoms with Gasteiger partial charge in [-0.05, 0) is 42.3 Å². The molecule has 0 aliphatic heterocycles. The van der Waals surface area contributed by atoms with Crippen LogP contribution in [-0.4, -0.2) is 38.2 Å². The van der Waals surface area contributed by atoms with Gasteiger partial charge in [-0.1, -0.05) is 24.3 Å². The predicted octanol–water partition coefficient (Wildman–Crippen LogP) is 3.24. The third kappa shape index (κ3) is 8.02. The molecule has 2 rings (SSSR count). The van der Waals surface area contributed by atoms with E-state index in [2.05, 4.69) is 25.7 Å². The van der Waals surface area contributed by atoms with Crippen molar-refractivity contribution in [2.24, 2.45) is 4.99 Å². The number of aliphatic imine (C=N–C) groups is 1. The number of hydrogen-bond acceptors (Lipinski definition) is 3. The Morgan fingerprint density at radius 1 is 0.933 bits per heavy atom. The zero-order valence-electron chi connectivity index (χ0n) is 16.8. The maximum Gasteiger partial charge on any atom is 0.422 e. The third-order valence-corrected chi connectivity index (χ3v) is 4.02. The Labute approximate surface area is 173 Å². The molecule has 30 heavy (non-hydrogen) atoms. The van der Waals surface area contributed by atoms with E-state index >= 15 is 0 Å². The van der Waals surface area contributed by atoms with Gasteiger partial charge in [-0.25, -0.2) is 0 Å². The van der Waals surface area contributed by atoms with Crippen molar-refractivity contribution >= 4 is 11.9 Å². The molecule has 0 heterocycles. The van der Waals surface area contributed by atoms with E-state index < -0.39 is 12.8 Å². The number of amides is 1. The standard InChI is InChI=1S/C21H25F3N4O2/c1-3-26-19(29)17-8-4-15(5-9-17)12-27-20(25-2)28-13-16-6-10-18(11-7-16)30-14-21(22,23)24/h4-11H,3,12-14H2,1-2H3,(H,26,29)(H2,25,27,28). The van der Waals surface area contributed by atoms with Crippen LogP contribution in [0, 0.1) is 0 Å². The number of halogens is 3. The molecule has 0 unspecified atom stereocenters. The van der Waals surface area contributed by atoms with E-state index in [1.807, 2.05) is 19.1 Å². The monoisotopic (exact) mass is 422 g/mol. The van der Waals surface area contributed by atoms with E-state index in [0.29, 0.717) is 31.2 Å². The van der Waals surface area contributed by atoms with Crippen molar-refractivity contribution < 1.29 is 22.7 Å². The maximum absolute atomic E-state index is 12.2. The fourth-order valence-electron chi connectivity index (χ4n) is 2.50. The fraction of sp³-hybridized carbons (Fsp3) is 0.333. The normalized spacial score (nSPS) is 11.7. The van der Waals surface area contributed by atoms with Gasteiger partial charge in [0.25, 0.3) is 5.91 Å². The van der Waals surface area contributed by atoms with Crippen LogP contribution < -0.4 is 20.7 Å². The summed E-state index contributed by atoms with van der Waals surface area (Å²) in [4.78, 5) is 15.9. The average Bonchev–Trinajstić information content (AvgIpc) is 2.73. The summed E-state index contributed by atoms with van der Waals surface area (Å²) in [5.41, 5.74) is 2.45. The summed E-state index contributed by atoms with van der Waals surface area (Å²) >= 11 is 0. The number of ether oxygens (including phenoxy) is 1. The highest BCUT2D eigenvalue weighted by Crippen LogP contribution is 2.18. The molecule has 2 aromatic rings. The van der Waals surface area contributed by atoms with E-state index in [9.17, 15) is 18.0 Å². The molecule has 2 aromatic carbocycles. The summed E-state index contributed by atoms with van der Waals surface area (Å²) in [5, 5.41) is 9.05. The molecule has 0 atom stereocenters. The first kappa shape index (κ1) is 23.1. The molecule has 3 N–H and O–H groups in total. The van der Waals surface area contributed by atoms with E-state index in [4.69, 9.17) is 0 Å². The van der Waals surface area contributed by atoms with Crippen molar-refractivity contribution in [3.63, 3.8) is 0 Å². The second kappa shape index (κ2) is 11.1. The lowest BCUT2D eigenvalue weighted by atomic mass is 10.1. The predicted molar refractivity (Wildman–Crippen MR) is 109 cm³/mol. The van der Waals surface area contributed by atoms with Crippen LogP contribution in [0.15, 0.2) is 53.5 Å². The van der Waals surface area contributed by atoms with Gasteiger partial charge in [-0.2, -0.15) is 13.2 Å². The van der Waals surface area contributed by atoms with Gasteiger partial charge in [-0.3, -0.25) is 9.79 Å². The first-order chi connectivity index (χ1) is 14.3. The molecule has 0 spiro atoms. The van der Waals surface area contributed by atoms with E-state index in [1.165, 1.54) is 12.1 Å². The summed E-state index contributed by atoms with van der Waals surface area (Å²) in [6.07, 6.45) is -4.36. The smallest absolute Gasteiger partial charge is 0.422 e. The number of rotatable bonds is 8. The SMILES string of the molecule is CCNC(=O)c1ccc(CNC(=NC)NCc2ccc(OCC(F)(F)F)cc2)cc1. The first-order valence-electron chi connectivity index (χ1n) is 9.41. The maximum atomic E-state index is 12.2. The molecule has 0 aliphatic rings. The number of alkyl halides is 3. The molecule has 1 amide bonds. The van der Waals surface area contributed by atoms with Crippen LogP contribution in [-0.2, 0) is 13.1 Å². The van der Waals surface area contributed by atoms with Crippen LogP contribution in [0.3, 0.4) is 0 Å². The molecule has 162 valence electrons. The summed E-state index contributed by atoms with van der Waals surface area (Å²) in [6.45, 7) is 2.08. The van der Waals surface area contributed by atoms with Crippen LogP contribution in [0.5, 0.6) is 5.75 Å². The molecule has 0 saturated carbocycles. The molecule has 0 aromatic heterocycles. The van der Waals surface area contributed by atoms with Crippen molar-refractivity contribution in [2.45, 2.75) is 26.2 Å². The Kier molecular flexibility index (Phi) is 8.52. The molecule has 0 radical (unpaired) electrons. The van der Waals surface area contributed by atoms with E-state index in [1.54, 1.807) is 31.3 Å². The van der Waals surface area contributed by atoms with Gasteiger partial charge in [-0.15, -0.1) is 0 Å². The number of guanidine groups is 1. The molecule has 0 saturated heterocycles. The lowest BCUT2D eigenvalue weighted by Crippen LogP contribution is -2.36. The number of hydrogen-bond donors (Lipinski definition) is 3. The van der Waals surface area contributed by atoms with Gasteiger partial charge in [0.1, 0.15) is 5.75 Å². The lowest BCUT2D eigenvalue weighted by molar-refractivity contribution is -0.153. The second-order valence-corrected chi connectivity index (χ2v) is 6.38. The fourth-order valence-corrected chi connectivity index (χ4v) is 2.50. The minimum Gasteiger partial charge on any atom is -0.484 e. The highest BCUT2D eigenvalue weighted by Gasteiger charge is 2.28. The Hall–Kier alpha value is -3.23. The summed E-state index contributed by atoms with van der Waals surface area (Å²) in [7, 11) is 1.64. The molecular weight excluding hydrogens is 397 g/mol. The van der Waals surface area contributed by atoms with Crippen LogP contribution in [0.1, 0.15) is 28.4 Å². The van der Waals surface area contributed by atoms with Crippen LogP contribution in [0.2, 0.25) is 0 Å². The summed E-state index contributed by atoms with van der Waals surface area (Å²) in [6, 6.07) is 13.6. The molecular formula is C21H25F3N4O2.